The maximum absolute atomic E-state index is 8.48. The molecular formula is C11H9ClN4S2. The fraction of sp³-hybridized carbons (Fsp3) is 0.182. The van der Waals surface area contributed by atoms with E-state index in [9.17, 15) is 0 Å². The van der Waals surface area contributed by atoms with Crippen LogP contribution in [0, 0.1) is 18.3 Å². The molecule has 1 heterocycles. The Morgan fingerprint density at radius 2 is 2.33 bits per heavy atom. The number of nitrogens with one attached hydrogen (secondary N) is 1. The first-order valence-electron chi connectivity index (χ1n) is 5.05. The summed E-state index contributed by atoms with van der Waals surface area (Å²) in [6.07, 6.45) is 0. The van der Waals surface area contributed by atoms with Gasteiger partial charge in [0.05, 0.1) is 11.8 Å². The highest BCUT2D eigenvalue weighted by atomic mass is 35.5. The van der Waals surface area contributed by atoms with Crippen molar-refractivity contribution in [1.82, 2.24) is 10.2 Å². The highest BCUT2D eigenvalue weighted by molar-refractivity contribution is 8.01. The smallest absolute Gasteiger partial charge is 0.210 e. The number of aromatic nitrogens is 2. The normalized spacial score (nSPS) is 10.1. The van der Waals surface area contributed by atoms with Crippen LogP contribution in [0.4, 0.5) is 10.8 Å². The predicted molar refractivity (Wildman–Crippen MR) is 75.7 cm³/mol. The molecule has 0 bridgehead atoms. The average molecular weight is 297 g/mol. The summed E-state index contributed by atoms with van der Waals surface area (Å²) in [7, 11) is 0. The largest absolute Gasteiger partial charge is 0.330 e. The number of nitriles is 1. The van der Waals surface area contributed by atoms with E-state index in [-0.39, 0.29) is 0 Å². The molecule has 0 spiro atoms. The summed E-state index contributed by atoms with van der Waals surface area (Å²) in [5.74, 6) is 0.380. The summed E-state index contributed by atoms with van der Waals surface area (Å²) in [6, 6.07) is 7.78. The van der Waals surface area contributed by atoms with E-state index >= 15 is 0 Å². The zero-order valence-corrected chi connectivity index (χ0v) is 11.9. The van der Waals surface area contributed by atoms with Gasteiger partial charge < -0.3 is 5.32 Å². The second kappa shape index (κ2) is 6.05. The summed E-state index contributed by atoms with van der Waals surface area (Å²) in [5, 5.41) is 21.0. The molecule has 1 aromatic carbocycles. The molecule has 0 aliphatic carbocycles. The molecule has 0 fully saturated rings. The fourth-order valence-corrected chi connectivity index (χ4v) is 2.82. The summed E-state index contributed by atoms with van der Waals surface area (Å²) < 4.78 is 0.775. The van der Waals surface area contributed by atoms with Crippen LogP contribution >= 0.6 is 34.7 Å². The lowest BCUT2D eigenvalue weighted by Crippen LogP contribution is -1.89. The summed E-state index contributed by atoms with van der Waals surface area (Å²) in [4.78, 5) is 0. The van der Waals surface area contributed by atoms with Gasteiger partial charge in [-0.05, 0) is 24.6 Å². The van der Waals surface area contributed by atoms with Crippen molar-refractivity contribution in [1.29, 1.82) is 5.26 Å². The van der Waals surface area contributed by atoms with Gasteiger partial charge in [0.25, 0.3) is 0 Å². The molecule has 0 aliphatic rings. The highest BCUT2D eigenvalue weighted by Gasteiger charge is 2.05. The lowest BCUT2D eigenvalue weighted by Gasteiger charge is -2.03. The minimum Gasteiger partial charge on any atom is -0.330 e. The van der Waals surface area contributed by atoms with E-state index in [0.29, 0.717) is 15.9 Å². The zero-order valence-electron chi connectivity index (χ0n) is 9.48. The Hall–Kier alpha value is -1.29. The van der Waals surface area contributed by atoms with Crippen LogP contribution in [0.25, 0.3) is 0 Å². The van der Waals surface area contributed by atoms with Crippen LogP contribution in [0.5, 0.6) is 0 Å². The molecule has 1 aromatic heterocycles. The van der Waals surface area contributed by atoms with E-state index in [1.807, 2.05) is 25.1 Å². The molecule has 0 saturated heterocycles. The van der Waals surface area contributed by atoms with Crippen LogP contribution in [-0.4, -0.2) is 16.0 Å². The van der Waals surface area contributed by atoms with E-state index in [1.165, 1.54) is 23.1 Å². The van der Waals surface area contributed by atoms with Gasteiger partial charge in [0.15, 0.2) is 4.34 Å². The lowest BCUT2D eigenvalue weighted by molar-refractivity contribution is 1.01. The van der Waals surface area contributed by atoms with Crippen molar-refractivity contribution in [2.75, 3.05) is 11.1 Å². The van der Waals surface area contributed by atoms with Crippen molar-refractivity contribution in [3.8, 4) is 6.07 Å². The maximum Gasteiger partial charge on any atom is 0.210 e. The lowest BCUT2D eigenvalue weighted by atomic mass is 10.2. The molecule has 92 valence electrons. The molecule has 0 atom stereocenters. The van der Waals surface area contributed by atoms with Gasteiger partial charge in [0.1, 0.15) is 0 Å². The number of nitrogens with zero attached hydrogens (tertiary/aromatic N) is 3. The second-order valence-electron chi connectivity index (χ2n) is 3.41. The molecule has 0 aliphatic heterocycles. The standard InChI is InChI=1S/C11H9ClN4S2/c1-7-2-3-8(6-9(7)12)14-10-15-16-11(18-10)17-5-4-13/h2-3,6H,5H2,1H3,(H,14,15). The fourth-order valence-electron chi connectivity index (χ4n) is 1.21. The van der Waals surface area contributed by atoms with Crippen molar-refractivity contribution in [3.05, 3.63) is 28.8 Å². The quantitative estimate of drug-likeness (QED) is 0.868. The van der Waals surface area contributed by atoms with Crippen molar-refractivity contribution in [2.24, 2.45) is 0 Å². The molecule has 1 N–H and O–H groups in total. The van der Waals surface area contributed by atoms with E-state index in [1.54, 1.807) is 0 Å². The maximum atomic E-state index is 8.48. The molecule has 18 heavy (non-hydrogen) atoms. The first-order valence-corrected chi connectivity index (χ1v) is 7.23. The van der Waals surface area contributed by atoms with Gasteiger partial charge in [0.2, 0.25) is 5.13 Å². The van der Waals surface area contributed by atoms with Gasteiger partial charge in [-0.15, -0.1) is 10.2 Å². The van der Waals surface area contributed by atoms with E-state index in [0.717, 1.165) is 15.6 Å². The Bertz CT molecular complexity index is 591. The first-order chi connectivity index (χ1) is 8.69. The Balaban J connectivity index is 2.07. The van der Waals surface area contributed by atoms with E-state index < -0.39 is 0 Å². The van der Waals surface area contributed by atoms with Crippen molar-refractivity contribution in [2.45, 2.75) is 11.3 Å². The predicted octanol–water partition coefficient (Wildman–Crippen LogP) is 3.86. The minimum absolute atomic E-state index is 0.380. The van der Waals surface area contributed by atoms with Crippen LogP contribution in [0.1, 0.15) is 5.56 Å². The van der Waals surface area contributed by atoms with Crippen LogP contribution in [0.3, 0.4) is 0 Å². The number of anilines is 2. The number of hydrogen-bond donors (Lipinski definition) is 1. The van der Waals surface area contributed by atoms with Crippen LogP contribution in [0.15, 0.2) is 22.5 Å². The van der Waals surface area contributed by atoms with Gasteiger partial charge in [-0.2, -0.15) is 5.26 Å². The van der Waals surface area contributed by atoms with Crippen molar-refractivity contribution < 1.29 is 0 Å². The Kier molecular flexibility index (Phi) is 4.42. The van der Waals surface area contributed by atoms with E-state index in [4.69, 9.17) is 16.9 Å². The molecule has 2 rings (SSSR count). The summed E-state index contributed by atoms with van der Waals surface area (Å²) in [6.45, 7) is 1.95. The molecule has 0 saturated carbocycles. The van der Waals surface area contributed by atoms with Crippen LogP contribution in [0.2, 0.25) is 5.02 Å². The Morgan fingerprint density at radius 3 is 3.06 bits per heavy atom. The monoisotopic (exact) mass is 296 g/mol. The third-order valence-electron chi connectivity index (χ3n) is 2.09. The molecule has 0 amide bonds. The number of thioether (sulfide) groups is 1. The minimum atomic E-state index is 0.380. The SMILES string of the molecule is Cc1ccc(Nc2nnc(SCC#N)s2)cc1Cl. The number of halogens is 1. The third-order valence-corrected chi connectivity index (χ3v) is 4.34. The first kappa shape index (κ1) is 13.1. The number of hydrogen-bond acceptors (Lipinski definition) is 6. The topological polar surface area (TPSA) is 61.6 Å². The molecule has 0 radical (unpaired) electrons. The summed E-state index contributed by atoms with van der Waals surface area (Å²) in [5.41, 5.74) is 1.91. The average Bonchev–Trinajstić information content (AvgIpc) is 2.79. The van der Waals surface area contributed by atoms with Crippen LogP contribution in [-0.2, 0) is 0 Å². The number of benzene rings is 1. The molecule has 7 heteroatoms. The Labute approximate surface area is 118 Å². The second-order valence-corrected chi connectivity index (χ2v) is 6.02. The summed E-state index contributed by atoms with van der Waals surface area (Å²) >= 11 is 8.83. The van der Waals surface area contributed by atoms with Crippen molar-refractivity contribution in [3.63, 3.8) is 0 Å². The van der Waals surface area contributed by atoms with Gasteiger partial charge in [0, 0.05) is 10.7 Å². The molecule has 4 nitrogen and oxygen atoms in total. The highest BCUT2D eigenvalue weighted by Crippen LogP contribution is 2.28. The zero-order chi connectivity index (χ0) is 13.0. The molecule has 2 aromatic rings. The molecular weight excluding hydrogens is 288 g/mol. The van der Waals surface area contributed by atoms with Gasteiger partial charge in [-0.1, -0.05) is 40.8 Å². The van der Waals surface area contributed by atoms with E-state index in [2.05, 4.69) is 21.6 Å². The van der Waals surface area contributed by atoms with Gasteiger partial charge in [-0.3, -0.25) is 0 Å². The third kappa shape index (κ3) is 3.35. The molecule has 0 unspecified atom stereocenters. The number of aryl methyl sites for hydroxylation is 1. The Morgan fingerprint density at radius 1 is 1.50 bits per heavy atom. The van der Waals surface area contributed by atoms with Crippen molar-refractivity contribution >= 4 is 45.5 Å². The van der Waals surface area contributed by atoms with Crippen LogP contribution < -0.4 is 5.32 Å². The van der Waals surface area contributed by atoms with Gasteiger partial charge >= 0.3 is 0 Å². The van der Waals surface area contributed by atoms with Gasteiger partial charge in [-0.25, -0.2) is 0 Å². The number of rotatable bonds is 4.